The standard InChI is InChI=1S/C34H42N2O5.2ClH/c1-26-3-2-4-32(35-26)39-21-15-28-16-22-41-34(23-28)17-19-36(20-18-34)24-29-5-7-30(8-6-29)25-40-31-12-9-27(10-13-31)11-14-33(37)38;;/h2-10,12-13,28H,11,14-25H2,1H3,(H,37,38);2*1H. The lowest BCUT2D eigenvalue weighted by molar-refractivity contribution is -0.137. The molecule has 1 atom stereocenters. The molecule has 3 heterocycles. The average Bonchev–Trinajstić information content (AvgIpc) is 2.98. The van der Waals surface area contributed by atoms with Gasteiger partial charge in [0.1, 0.15) is 12.4 Å². The van der Waals surface area contributed by atoms with Crippen LogP contribution in [0, 0.1) is 12.8 Å². The van der Waals surface area contributed by atoms with E-state index in [0.29, 0.717) is 25.6 Å². The molecule has 1 spiro atoms. The molecule has 0 saturated carbocycles. The Morgan fingerprint density at radius 2 is 1.67 bits per heavy atom. The zero-order valence-electron chi connectivity index (χ0n) is 24.9. The minimum absolute atomic E-state index is 0. The highest BCUT2D eigenvalue weighted by atomic mass is 35.5. The molecule has 1 N–H and O–H groups in total. The van der Waals surface area contributed by atoms with Crippen molar-refractivity contribution in [3.8, 4) is 11.6 Å². The van der Waals surface area contributed by atoms with Crippen LogP contribution in [0.3, 0.4) is 0 Å². The molecule has 2 aromatic carbocycles. The van der Waals surface area contributed by atoms with Gasteiger partial charge in [0, 0.05) is 44.4 Å². The minimum Gasteiger partial charge on any atom is -0.489 e. The van der Waals surface area contributed by atoms with Gasteiger partial charge in [0.25, 0.3) is 0 Å². The third-order valence-electron chi connectivity index (χ3n) is 8.39. The number of hydrogen-bond donors (Lipinski definition) is 1. The maximum atomic E-state index is 10.7. The fourth-order valence-corrected chi connectivity index (χ4v) is 5.94. The van der Waals surface area contributed by atoms with Crippen LogP contribution in [0.4, 0.5) is 0 Å². The summed E-state index contributed by atoms with van der Waals surface area (Å²) in [5.41, 5.74) is 4.46. The van der Waals surface area contributed by atoms with E-state index in [1.165, 1.54) is 5.56 Å². The Balaban J connectivity index is 0.00000253. The Morgan fingerprint density at radius 1 is 0.977 bits per heavy atom. The molecule has 3 aromatic rings. The van der Waals surface area contributed by atoms with E-state index in [4.69, 9.17) is 19.3 Å². The number of carbonyl (C=O) groups is 1. The van der Waals surface area contributed by atoms with Crippen LogP contribution in [0.5, 0.6) is 11.6 Å². The summed E-state index contributed by atoms with van der Waals surface area (Å²) in [6.45, 7) is 7.13. The Hall–Kier alpha value is -2.84. The van der Waals surface area contributed by atoms with Gasteiger partial charge in [-0.1, -0.05) is 42.5 Å². The molecular formula is C34H44Cl2N2O5. The summed E-state index contributed by atoms with van der Waals surface area (Å²) in [4.78, 5) is 17.7. The van der Waals surface area contributed by atoms with Crippen LogP contribution >= 0.6 is 24.8 Å². The predicted octanol–water partition coefficient (Wildman–Crippen LogP) is 7.06. The van der Waals surface area contributed by atoms with Crippen LogP contribution in [0.15, 0.2) is 66.7 Å². The van der Waals surface area contributed by atoms with E-state index < -0.39 is 5.97 Å². The molecule has 9 heteroatoms. The highest BCUT2D eigenvalue weighted by molar-refractivity contribution is 5.85. The number of aromatic nitrogens is 1. The van der Waals surface area contributed by atoms with E-state index in [1.807, 2.05) is 49.4 Å². The lowest BCUT2D eigenvalue weighted by Gasteiger charge is -2.46. The summed E-state index contributed by atoms with van der Waals surface area (Å²) in [7, 11) is 0. The SMILES string of the molecule is Cc1cccc(OCCC2CCOC3(CCN(Cc4ccc(COc5ccc(CCC(=O)O)cc5)cc4)CC3)C2)n1.Cl.Cl. The largest absolute Gasteiger partial charge is 0.489 e. The van der Waals surface area contributed by atoms with E-state index in [2.05, 4.69) is 34.1 Å². The molecule has 7 nitrogen and oxygen atoms in total. The van der Waals surface area contributed by atoms with Crippen molar-refractivity contribution in [2.24, 2.45) is 5.92 Å². The van der Waals surface area contributed by atoms with Crippen LogP contribution in [0.2, 0.25) is 0 Å². The fourth-order valence-electron chi connectivity index (χ4n) is 5.94. The molecule has 0 aliphatic carbocycles. The second-order valence-electron chi connectivity index (χ2n) is 11.6. The molecule has 0 amide bonds. The Labute approximate surface area is 267 Å². The number of carboxylic acids is 1. The zero-order chi connectivity index (χ0) is 28.5. The number of carboxylic acid groups (broad SMARTS) is 1. The van der Waals surface area contributed by atoms with Gasteiger partial charge in [0.2, 0.25) is 5.88 Å². The molecule has 2 fully saturated rings. The first-order chi connectivity index (χ1) is 19.9. The number of aliphatic carboxylic acids is 1. The molecule has 0 radical (unpaired) electrons. The van der Waals surface area contributed by atoms with Gasteiger partial charge < -0.3 is 19.3 Å². The summed E-state index contributed by atoms with van der Waals surface area (Å²) in [6.07, 6.45) is 6.15. The molecule has 2 aliphatic heterocycles. The summed E-state index contributed by atoms with van der Waals surface area (Å²) in [5, 5.41) is 8.83. The van der Waals surface area contributed by atoms with E-state index in [1.54, 1.807) is 0 Å². The van der Waals surface area contributed by atoms with Crippen LogP contribution in [0.25, 0.3) is 0 Å². The number of piperidine rings is 1. The van der Waals surface area contributed by atoms with Gasteiger partial charge in [-0.25, -0.2) is 4.98 Å². The third kappa shape index (κ3) is 10.7. The number of likely N-dealkylation sites (tertiary alicyclic amines) is 1. The lowest BCUT2D eigenvalue weighted by atomic mass is 9.78. The van der Waals surface area contributed by atoms with Gasteiger partial charge in [-0.15, -0.1) is 24.8 Å². The molecule has 1 aromatic heterocycles. The number of pyridine rings is 1. The number of halogens is 2. The van der Waals surface area contributed by atoms with Crippen LogP contribution in [-0.2, 0) is 29.1 Å². The molecule has 234 valence electrons. The Kier molecular flexibility index (Phi) is 13.6. The maximum absolute atomic E-state index is 10.7. The number of hydrogen-bond acceptors (Lipinski definition) is 6. The lowest BCUT2D eigenvalue weighted by Crippen LogP contribution is -2.49. The minimum atomic E-state index is -0.778. The van der Waals surface area contributed by atoms with Gasteiger partial charge in [0.05, 0.1) is 12.2 Å². The number of rotatable bonds is 12. The topological polar surface area (TPSA) is 81.1 Å². The summed E-state index contributed by atoms with van der Waals surface area (Å²) in [6, 6.07) is 22.3. The number of aryl methyl sites for hydroxylation is 2. The van der Waals surface area contributed by atoms with Gasteiger partial charge in [0.15, 0.2) is 0 Å². The molecule has 1 unspecified atom stereocenters. The van der Waals surface area contributed by atoms with Crippen molar-refractivity contribution in [2.75, 3.05) is 26.3 Å². The highest BCUT2D eigenvalue weighted by Crippen LogP contribution is 2.39. The molecule has 43 heavy (non-hydrogen) atoms. The second-order valence-corrected chi connectivity index (χ2v) is 11.6. The predicted molar refractivity (Wildman–Crippen MR) is 173 cm³/mol. The first-order valence-electron chi connectivity index (χ1n) is 14.9. The Bertz CT molecular complexity index is 1260. The normalized spacial score (nSPS) is 17.8. The van der Waals surface area contributed by atoms with Crippen LogP contribution in [0.1, 0.15) is 60.9 Å². The first kappa shape index (κ1) is 34.6. The van der Waals surface area contributed by atoms with E-state index >= 15 is 0 Å². The first-order valence-corrected chi connectivity index (χ1v) is 14.9. The summed E-state index contributed by atoms with van der Waals surface area (Å²) < 4.78 is 18.3. The molecule has 2 aliphatic rings. The monoisotopic (exact) mass is 630 g/mol. The van der Waals surface area contributed by atoms with Gasteiger partial charge in [-0.2, -0.15) is 0 Å². The smallest absolute Gasteiger partial charge is 0.303 e. The number of benzene rings is 2. The van der Waals surface area contributed by atoms with Crippen LogP contribution < -0.4 is 9.47 Å². The van der Waals surface area contributed by atoms with Gasteiger partial charge in [-0.05, 0) is 86.3 Å². The van der Waals surface area contributed by atoms with Gasteiger partial charge in [-0.3, -0.25) is 9.69 Å². The van der Waals surface area contributed by atoms with Crippen molar-refractivity contribution in [3.05, 3.63) is 89.1 Å². The van der Waals surface area contributed by atoms with E-state index in [9.17, 15) is 4.79 Å². The molecule has 0 bridgehead atoms. The third-order valence-corrected chi connectivity index (χ3v) is 8.39. The number of ether oxygens (including phenoxy) is 3. The van der Waals surface area contributed by atoms with Crippen LogP contribution in [-0.4, -0.2) is 52.9 Å². The van der Waals surface area contributed by atoms with Crippen molar-refractivity contribution in [3.63, 3.8) is 0 Å². The molecule has 2 saturated heterocycles. The van der Waals surface area contributed by atoms with E-state index in [0.717, 1.165) is 86.8 Å². The van der Waals surface area contributed by atoms with E-state index in [-0.39, 0.29) is 36.8 Å². The molecule has 5 rings (SSSR count). The average molecular weight is 632 g/mol. The quantitative estimate of drug-likeness (QED) is 0.229. The van der Waals surface area contributed by atoms with Gasteiger partial charge >= 0.3 is 5.97 Å². The maximum Gasteiger partial charge on any atom is 0.303 e. The fraction of sp³-hybridized carbons (Fsp3) is 0.471. The zero-order valence-corrected chi connectivity index (χ0v) is 26.5. The summed E-state index contributed by atoms with van der Waals surface area (Å²) >= 11 is 0. The molecular weight excluding hydrogens is 587 g/mol. The number of nitrogens with zero attached hydrogens (tertiary/aromatic N) is 2. The van der Waals surface area contributed by atoms with Crippen molar-refractivity contribution in [1.82, 2.24) is 9.88 Å². The van der Waals surface area contributed by atoms with Crippen molar-refractivity contribution in [2.45, 2.75) is 70.6 Å². The van der Waals surface area contributed by atoms with Crippen molar-refractivity contribution < 1.29 is 24.1 Å². The summed E-state index contributed by atoms with van der Waals surface area (Å²) in [5.74, 6) is 1.38. The highest BCUT2D eigenvalue weighted by Gasteiger charge is 2.40. The van der Waals surface area contributed by atoms with Crippen molar-refractivity contribution >= 4 is 30.8 Å². The van der Waals surface area contributed by atoms with Crippen molar-refractivity contribution in [1.29, 1.82) is 0 Å². The second kappa shape index (κ2) is 16.9. The Morgan fingerprint density at radius 3 is 2.37 bits per heavy atom.